The lowest BCUT2D eigenvalue weighted by atomic mass is 10.2. The highest BCUT2D eigenvalue weighted by molar-refractivity contribution is 5.86. The minimum absolute atomic E-state index is 0.0544. The number of nitrogens with zero attached hydrogens (tertiary/aromatic N) is 2. The van der Waals surface area contributed by atoms with Crippen LogP contribution in [0.25, 0.3) is 11.3 Å². The van der Waals surface area contributed by atoms with Crippen molar-refractivity contribution in [3.8, 4) is 11.3 Å². The molecule has 2 aromatic rings. The van der Waals surface area contributed by atoms with Crippen molar-refractivity contribution in [3.05, 3.63) is 29.2 Å². The number of rotatable bonds is 3. The van der Waals surface area contributed by atoms with Gasteiger partial charge in [-0.2, -0.15) is 0 Å². The van der Waals surface area contributed by atoms with Crippen molar-refractivity contribution in [1.82, 2.24) is 9.72 Å². The Morgan fingerprint density at radius 2 is 2.17 bits per heavy atom. The first-order valence-corrected chi connectivity index (χ1v) is 5.96. The van der Waals surface area contributed by atoms with E-state index in [0.717, 1.165) is 11.3 Å². The van der Waals surface area contributed by atoms with Gasteiger partial charge in [-0.15, -0.1) is 0 Å². The third-order valence-corrected chi connectivity index (χ3v) is 3.39. The van der Waals surface area contributed by atoms with Crippen LogP contribution in [0.4, 0.5) is 0 Å². The molecule has 0 spiro atoms. The molecule has 0 amide bonds. The molecular weight excluding hydrogens is 232 g/mol. The van der Waals surface area contributed by atoms with Gasteiger partial charge in [-0.3, -0.25) is 0 Å². The van der Waals surface area contributed by atoms with Crippen LogP contribution < -0.4 is 0 Å². The van der Waals surface area contributed by atoms with Gasteiger partial charge in [0.25, 0.3) is 0 Å². The maximum Gasteiger partial charge on any atom is 0.358 e. The fourth-order valence-electron chi connectivity index (χ4n) is 2.42. The predicted octanol–water partition coefficient (Wildman–Crippen LogP) is 2.79. The second-order valence-electron chi connectivity index (χ2n) is 4.77. The molecular formula is C13H14N2O3. The van der Waals surface area contributed by atoms with Gasteiger partial charge in [0, 0.05) is 29.1 Å². The summed E-state index contributed by atoms with van der Waals surface area (Å²) in [6, 6.07) is 4.10. The molecule has 1 aliphatic carbocycles. The normalized spacial score (nSPS) is 15.0. The summed E-state index contributed by atoms with van der Waals surface area (Å²) in [5, 5.41) is 12.4. The molecule has 0 unspecified atom stereocenters. The van der Waals surface area contributed by atoms with Crippen LogP contribution in [0.5, 0.6) is 0 Å². The smallest absolute Gasteiger partial charge is 0.358 e. The molecule has 1 saturated carbocycles. The number of aromatic carboxylic acids is 1. The molecule has 0 bridgehead atoms. The van der Waals surface area contributed by atoms with Crippen LogP contribution >= 0.6 is 0 Å². The number of aryl methyl sites for hydroxylation is 1. The van der Waals surface area contributed by atoms with Crippen molar-refractivity contribution in [3.63, 3.8) is 0 Å². The van der Waals surface area contributed by atoms with E-state index in [4.69, 9.17) is 9.63 Å². The lowest BCUT2D eigenvalue weighted by Gasteiger charge is -2.06. The molecule has 1 N–H and O–H groups in total. The highest BCUT2D eigenvalue weighted by Gasteiger charge is 2.28. The Bertz CT molecular complexity index is 620. The van der Waals surface area contributed by atoms with E-state index >= 15 is 0 Å². The van der Waals surface area contributed by atoms with Gasteiger partial charge in [-0.05, 0) is 32.8 Å². The molecule has 0 radical (unpaired) electrons. The van der Waals surface area contributed by atoms with E-state index in [2.05, 4.69) is 16.6 Å². The average Bonchev–Trinajstić information content (AvgIpc) is 2.92. The number of hydrogen-bond donors (Lipinski definition) is 1. The molecule has 1 fully saturated rings. The van der Waals surface area contributed by atoms with Gasteiger partial charge in [-0.1, -0.05) is 5.16 Å². The summed E-state index contributed by atoms with van der Waals surface area (Å²) < 4.78 is 7.41. The third kappa shape index (κ3) is 1.63. The van der Waals surface area contributed by atoms with Crippen LogP contribution in [0.1, 0.15) is 40.8 Å². The number of aromatic nitrogens is 2. The second kappa shape index (κ2) is 3.73. The number of hydrogen-bond acceptors (Lipinski definition) is 3. The van der Waals surface area contributed by atoms with Gasteiger partial charge >= 0.3 is 5.97 Å². The average molecular weight is 246 g/mol. The van der Waals surface area contributed by atoms with E-state index in [1.54, 1.807) is 0 Å². The molecule has 0 saturated heterocycles. The molecule has 2 aromatic heterocycles. The molecule has 0 aliphatic heterocycles. The minimum atomic E-state index is -1.07. The highest BCUT2D eigenvalue weighted by atomic mass is 16.5. The molecule has 2 heterocycles. The van der Waals surface area contributed by atoms with E-state index in [1.807, 2.05) is 13.0 Å². The van der Waals surface area contributed by atoms with Gasteiger partial charge in [-0.25, -0.2) is 4.79 Å². The monoisotopic (exact) mass is 246 g/mol. The van der Waals surface area contributed by atoms with Gasteiger partial charge in [0.1, 0.15) is 0 Å². The lowest BCUT2D eigenvalue weighted by molar-refractivity contribution is 0.0686. The zero-order chi connectivity index (χ0) is 12.9. The molecule has 5 heteroatoms. The van der Waals surface area contributed by atoms with Crippen molar-refractivity contribution >= 4 is 5.97 Å². The van der Waals surface area contributed by atoms with Crippen LogP contribution in [0.15, 0.2) is 16.7 Å². The Hall–Kier alpha value is -2.04. The molecule has 94 valence electrons. The summed E-state index contributed by atoms with van der Waals surface area (Å²) in [7, 11) is 0. The van der Waals surface area contributed by atoms with Crippen molar-refractivity contribution in [2.45, 2.75) is 32.7 Å². The Balaban J connectivity index is 2.05. The van der Waals surface area contributed by atoms with Crippen molar-refractivity contribution in [2.24, 2.45) is 0 Å². The zero-order valence-electron chi connectivity index (χ0n) is 10.3. The first-order chi connectivity index (χ1) is 8.58. The minimum Gasteiger partial charge on any atom is -0.476 e. The predicted molar refractivity (Wildman–Crippen MR) is 64.6 cm³/mol. The van der Waals surface area contributed by atoms with Crippen LogP contribution in [0.3, 0.4) is 0 Å². The summed E-state index contributed by atoms with van der Waals surface area (Å²) >= 11 is 0. The van der Waals surface area contributed by atoms with Gasteiger partial charge in [0.05, 0.1) is 0 Å². The molecule has 18 heavy (non-hydrogen) atoms. The van der Waals surface area contributed by atoms with Crippen molar-refractivity contribution in [1.29, 1.82) is 0 Å². The summed E-state index contributed by atoms with van der Waals surface area (Å²) in [6.07, 6.45) is 2.43. The molecule has 1 aliphatic rings. The van der Waals surface area contributed by atoms with E-state index in [9.17, 15) is 4.79 Å². The van der Waals surface area contributed by atoms with E-state index < -0.39 is 5.97 Å². The van der Waals surface area contributed by atoms with E-state index in [1.165, 1.54) is 24.6 Å². The van der Waals surface area contributed by atoms with Crippen LogP contribution in [-0.2, 0) is 0 Å². The topological polar surface area (TPSA) is 68.3 Å². The van der Waals surface area contributed by atoms with E-state index in [-0.39, 0.29) is 5.69 Å². The molecule has 5 nitrogen and oxygen atoms in total. The summed E-state index contributed by atoms with van der Waals surface area (Å²) in [5.74, 6) is -0.548. The van der Waals surface area contributed by atoms with Crippen LogP contribution in [-0.4, -0.2) is 20.8 Å². The van der Waals surface area contributed by atoms with Gasteiger partial charge < -0.3 is 14.2 Å². The van der Waals surface area contributed by atoms with Gasteiger partial charge in [0.2, 0.25) is 0 Å². The maximum atomic E-state index is 10.8. The largest absolute Gasteiger partial charge is 0.476 e. The van der Waals surface area contributed by atoms with Crippen LogP contribution in [0.2, 0.25) is 0 Å². The maximum absolute atomic E-state index is 10.8. The summed E-state index contributed by atoms with van der Waals surface area (Å²) in [5.41, 5.74) is 3.17. The van der Waals surface area contributed by atoms with Gasteiger partial charge in [0.15, 0.2) is 11.5 Å². The highest BCUT2D eigenvalue weighted by Crippen LogP contribution is 2.40. The Morgan fingerprint density at radius 3 is 2.72 bits per heavy atom. The third-order valence-electron chi connectivity index (χ3n) is 3.39. The fraction of sp³-hybridized carbons (Fsp3) is 0.385. The number of carbonyl (C=O) groups is 1. The lowest BCUT2D eigenvalue weighted by Crippen LogP contribution is -1.98. The second-order valence-corrected chi connectivity index (χ2v) is 4.77. The molecule has 0 aromatic carbocycles. The Morgan fingerprint density at radius 1 is 1.44 bits per heavy atom. The summed E-state index contributed by atoms with van der Waals surface area (Å²) in [6.45, 7) is 4.09. The molecule has 0 atom stereocenters. The first kappa shape index (κ1) is 11.1. The standard InChI is InChI=1S/C13H14N2O3/c1-7-5-10(8(2)15(7)9-3-4-9)12-6-11(13(16)17)14-18-12/h5-6,9H,3-4H2,1-2H3,(H,16,17). The summed E-state index contributed by atoms with van der Waals surface area (Å²) in [4.78, 5) is 10.8. The number of carboxylic acid groups (broad SMARTS) is 1. The van der Waals surface area contributed by atoms with E-state index in [0.29, 0.717) is 11.8 Å². The SMILES string of the molecule is Cc1cc(-c2cc(C(=O)O)no2)c(C)n1C1CC1. The number of carboxylic acids is 1. The Kier molecular flexibility index (Phi) is 2.29. The fourth-order valence-corrected chi connectivity index (χ4v) is 2.42. The zero-order valence-corrected chi connectivity index (χ0v) is 10.3. The quantitative estimate of drug-likeness (QED) is 0.904. The Labute approximate surface area is 104 Å². The molecule has 3 rings (SSSR count). The first-order valence-electron chi connectivity index (χ1n) is 5.96. The van der Waals surface area contributed by atoms with Crippen molar-refractivity contribution < 1.29 is 14.4 Å². The van der Waals surface area contributed by atoms with Crippen molar-refractivity contribution in [2.75, 3.05) is 0 Å². The van der Waals surface area contributed by atoms with Crippen LogP contribution in [0, 0.1) is 13.8 Å².